The monoisotopic (exact) mass is 339 g/mol. The van der Waals surface area contributed by atoms with E-state index in [4.69, 9.17) is 0 Å². The Hall–Kier alpha value is -1.74. The highest BCUT2D eigenvalue weighted by atomic mass is 32.2. The molecule has 0 aliphatic heterocycles. The van der Waals surface area contributed by atoms with E-state index in [1.54, 1.807) is 0 Å². The molecule has 126 valence electrons. The number of nitrogens with one attached hydrogen (secondary N) is 1. The second kappa shape index (κ2) is 8.39. The van der Waals surface area contributed by atoms with Crippen LogP contribution in [0.5, 0.6) is 0 Å². The maximum Gasteiger partial charge on any atom is 0.221 e. The molecule has 1 aliphatic carbocycles. The van der Waals surface area contributed by atoms with Crippen molar-refractivity contribution >= 4 is 17.7 Å². The fourth-order valence-electron chi connectivity index (χ4n) is 3.19. The fraction of sp³-hybridized carbons (Fsp3) is 0.381. The zero-order chi connectivity index (χ0) is 16.8. The van der Waals surface area contributed by atoms with Crippen molar-refractivity contribution in [2.24, 2.45) is 0 Å². The van der Waals surface area contributed by atoms with Crippen LogP contribution in [0, 0.1) is 0 Å². The third kappa shape index (κ3) is 4.64. The van der Waals surface area contributed by atoms with Crippen molar-refractivity contribution < 1.29 is 4.79 Å². The van der Waals surface area contributed by atoms with Gasteiger partial charge in [0.25, 0.3) is 0 Å². The van der Waals surface area contributed by atoms with Gasteiger partial charge in [0, 0.05) is 17.9 Å². The van der Waals surface area contributed by atoms with E-state index in [1.165, 1.54) is 41.5 Å². The molecular weight excluding hydrogens is 314 g/mol. The number of hydrogen-bond acceptors (Lipinski definition) is 2. The van der Waals surface area contributed by atoms with Crippen LogP contribution in [0.2, 0.25) is 0 Å². The molecule has 0 radical (unpaired) electrons. The first-order chi connectivity index (χ1) is 11.7. The molecule has 0 saturated heterocycles. The van der Waals surface area contributed by atoms with Crippen molar-refractivity contribution in [2.45, 2.75) is 44.4 Å². The van der Waals surface area contributed by atoms with Gasteiger partial charge in [0.2, 0.25) is 5.91 Å². The van der Waals surface area contributed by atoms with Crippen LogP contribution in [0.4, 0.5) is 0 Å². The Kier molecular flexibility index (Phi) is 5.97. The normalized spacial score (nSPS) is 14.2. The van der Waals surface area contributed by atoms with Gasteiger partial charge in [-0.05, 0) is 48.4 Å². The molecule has 1 atom stereocenters. The summed E-state index contributed by atoms with van der Waals surface area (Å²) in [5.74, 6) is 1.97. The quantitative estimate of drug-likeness (QED) is 0.742. The van der Waals surface area contributed by atoms with Crippen molar-refractivity contribution in [3.8, 4) is 0 Å². The largest absolute Gasteiger partial charge is 0.350 e. The number of hydrogen-bond donors (Lipinski definition) is 1. The molecule has 2 aromatic carbocycles. The van der Waals surface area contributed by atoms with Gasteiger partial charge < -0.3 is 5.32 Å². The second-order valence-electron chi connectivity index (χ2n) is 6.46. The number of aryl methyl sites for hydroxylation is 2. The summed E-state index contributed by atoms with van der Waals surface area (Å²) in [4.78, 5) is 12.1. The maximum atomic E-state index is 12.1. The van der Waals surface area contributed by atoms with E-state index >= 15 is 0 Å². The number of thioether (sulfide) groups is 1. The standard InChI is InChI=1S/C21H25NOS/c1-16(19-11-10-18-8-5-9-20(18)14-19)22-21(23)12-13-24-15-17-6-3-2-4-7-17/h2-4,6-7,10-11,14,16H,5,8-9,12-13,15H2,1H3,(H,22,23)/t16-/m0/s1. The summed E-state index contributed by atoms with van der Waals surface area (Å²) in [6, 6.07) is 17.2. The Morgan fingerprint density at radius 2 is 1.92 bits per heavy atom. The average Bonchev–Trinajstić information content (AvgIpc) is 3.07. The summed E-state index contributed by atoms with van der Waals surface area (Å²) in [6.07, 6.45) is 4.22. The molecule has 2 aromatic rings. The molecule has 24 heavy (non-hydrogen) atoms. The number of benzene rings is 2. The number of carbonyl (C=O) groups is 1. The average molecular weight is 340 g/mol. The van der Waals surface area contributed by atoms with Crippen LogP contribution in [0.1, 0.15) is 48.1 Å². The van der Waals surface area contributed by atoms with E-state index in [-0.39, 0.29) is 11.9 Å². The Labute approximate surface area is 149 Å². The number of rotatable bonds is 7. The molecule has 2 nitrogen and oxygen atoms in total. The first-order valence-corrected chi connectivity index (χ1v) is 9.90. The van der Waals surface area contributed by atoms with E-state index in [0.29, 0.717) is 6.42 Å². The molecule has 0 saturated carbocycles. The second-order valence-corrected chi connectivity index (χ2v) is 7.56. The van der Waals surface area contributed by atoms with Crippen LogP contribution in [0.15, 0.2) is 48.5 Å². The van der Waals surface area contributed by atoms with Crippen LogP contribution in [0.3, 0.4) is 0 Å². The summed E-state index contributed by atoms with van der Waals surface area (Å²) in [6.45, 7) is 2.08. The summed E-state index contributed by atoms with van der Waals surface area (Å²) < 4.78 is 0. The smallest absolute Gasteiger partial charge is 0.221 e. The topological polar surface area (TPSA) is 29.1 Å². The van der Waals surface area contributed by atoms with E-state index in [2.05, 4.69) is 54.7 Å². The minimum atomic E-state index is 0.0857. The predicted molar refractivity (Wildman–Crippen MR) is 102 cm³/mol. The van der Waals surface area contributed by atoms with Gasteiger partial charge in [-0.25, -0.2) is 0 Å². The van der Waals surface area contributed by atoms with Crippen LogP contribution in [0.25, 0.3) is 0 Å². The van der Waals surface area contributed by atoms with Gasteiger partial charge >= 0.3 is 0 Å². The first-order valence-electron chi connectivity index (χ1n) is 8.75. The Morgan fingerprint density at radius 3 is 2.75 bits per heavy atom. The lowest BCUT2D eigenvalue weighted by molar-refractivity contribution is -0.121. The highest BCUT2D eigenvalue weighted by molar-refractivity contribution is 7.98. The van der Waals surface area contributed by atoms with Crippen LogP contribution >= 0.6 is 11.8 Å². The molecule has 1 amide bonds. The molecule has 3 rings (SSSR count). The zero-order valence-corrected chi connectivity index (χ0v) is 15.1. The number of fused-ring (bicyclic) bond motifs is 1. The van der Waals surface area contributed by atoms with Gasteiger partial charge in [0.05, 0.1) is 6.04 Å². The molecule has 0 fully saturated rings. The molecule has 1 aliphatic rings. The predicted octanol–water partition coefficient (Wildman–Crippen LogP) is 4.68. The summed E-state index contributed by atoms with van der Waals surface area (Å²) in [5, 5.41) is 3.13. The third-order valence-corrected chi connectivity index (χ3v) is 5.62. The molecule has 3 heteroatoms. The summed E-state index contributed by atoms with van der Waals surface area (Å²) in [5.41, 5.74) is 5.48. The lowest BCUT2D eigenvalue weighted by Gasteiger charge is -2.15. The van der Waals surface area contributed by atoms with Crippen LogP contribution in [-0.4, -0.2) is 11.7 Å². The Bertz CT molecular complexity index is 683. The SMILES string of the molecule is C[C@H](NC(=O)CCSCc1ccccc1)c1ccc2c(c1)CCC2. The first kappa shape index (κ1) is 17.1. The fourth-order valence-corrected chi connectivity index (χ4v) is 4.09. The maximum absolute atomic E-state index is 12.1. The number of carbonyl (C=O) groups excluding carboxylic acids is 1. The Balaban J connectivity index is 1.41. The Morgan fingerprint density at radius 1 is 1.12 bits per heavy atom. The molecular formula is C21H25NOS. The van der Waals surface area contributed by atoms with Crippen molar-refractivity contribution in [3.05, 3.63) is 70.8 Å². The van der Waals surface area contributed by atoms with Gasteiger partial charge in [0.15, 0.2) is 0 Å². The van der Waals surface area contributed by atoms with Gasteiger partial charge in [-0.3, -0.25) is 4.79 Å². The van der Waals surface area contributed by atoms with E-state index in [0.717, 1.165) is 11.5 Å². The molecule has 0 aromatic heterocycles. The zero-order valence-electron chi connectivity index (χ0n) is 14.3. The summed E-state index contributed by atoms with van der Waals surface area (Å²) in [7, 11) is 0. The van der Waals surface area contributed by atoms with Gasteiger partial charge in [-0.15, -0.1) is 0 Å². The van der Waals surface area contributed by atoms with E-state index in [9.17, 15) is 4.79 Å². The van der Waals surface area contributed by atoms with E-state index < -0.39 is 0 Å². The lowest BCUT2D eigenvalue weighted by Crippen LogP contribution is -2.26. The lowest BCUT2D eigenvalue weighted by atomic mass is 10.0. The number of amides is 1. The van der Waals surface area contributed by atoms with Crippen molar-refractivity contribution in [1.82, 2.24) is 5.32 Å². The van der Waals surface area contributed by atoms with Crippen molar-refractivity contribution in [2.75, 3.05) is 5.75 Å². The molecule has 0 heterocycles. The molecule has 0 unspecified atom stereocenters. The van der Waals surface area contributed by atoms with Crippen LogP contribution in [-0.2, 0) is 23.4 Å². The van der Waals surface area contributed by atoms with Gasteiger partial charge in [0.1, 0.15) is 0 Å². The molecule has 0 bridgehead atoms. The van der Waals surface area contributed by atoms with Gasteiger partial charge in [-0.1, -0.05) is 48.5 Å². The minimum Gasteiger partial charge on any atom is -0.350 e. The van der Waals surface area contributed by atoms with Crippen LogP contribution < -0.4 is 5.32 Å². The summed E-state index contributed by atoms with van der Waals surface area (Å²) >= 11 is 1.81. The van der Waals surface area contributed by atoms with Crippen molar-refractivity contribution in [3.63, 3.8) is 0 Å². The highest BCUT2D eigenvalue weighted by Crippen LogP contribution is 2.25. The van der Waals surface area contributed by atoms with E-state index in [1.807, 2.05) is 17.8 Å². The van der Waals surface area contributed by atoms with Crippen molar-refractivity contribution in [1.29, 1.82) is 0 Å². The minimum absolute atomic E-state index is 0.0857. The van der Waals surface area contributed by atoms with Gasteiger partial charge in [-0.2, -0.15) is 11.8 Å². The molecule has 1 N–H and O–H groups in total. The molecule has 0 spiro atoms. The third-order valence-electron chi connectivity index (χ3n) is 4.59. The highest BCUT2D eigenvalue weighted by Gasteiger charge is 2.14.